The van der Waals surface area contributed by atoms with E-state index in [9.17, 15) is 14.4 Å². The number of rotatable bonds is 7. The number of anilines is 1. The van der Waals surface area contributed by atoms with Crippen LogP contribution in [-0.2, 0) is 20.9 Å². The Hall–Kier alpha value is -3.14. The van der Waals surface area contributed by atoms with Crippen LogP contribution in [0.2, 0.25) is 15.1 Å². The van der Waals surface area contributed by atoms with Gasteiger partial charge in [-0.25, -0.2) is 4.68 Å². The van der Waals surface area contributed by atoms with E-state index in [4.69, 9.17) is 34.8 Å². The summed E-state index contributed by atoms with van der Waals surface area (Å²) in [6.45, 7) is 5.84. The molecule has 1 N–H and O–H groups in total. The first-order valence-corrected chi connectivity index (χ1v) is 14.8. The first-order chi connectivity index (χ1) is 19.6. The van der Waals surface area contributed by atoms with E-state index in [1.165, 1.54) is 10.2 Å². The first kappa shape index (κ1) is 29.4. The maximum absolute atomic E-state index is 13.2. The number of amides is 3. The molecule has 0 aliphatic carbocycles. The summed E-state index contributed by atoms with van der Waals surface area (Å²) < 4.78 is 1.44. The van der Waals surface area contributed by atoms with Gasteiger partial charge in [-0.15, -0.1) is 5.10 Å². The SMILES string of the molecule is CC(C)c1ccc(N2CCC(C(=O)N3CCC(C(=O)NCc4cn(-c5c(Cl)cc(Cl)cc5Cl)nn4)CC3)C2=O)cc1. The van der Waals surface area contributed by atoms with E-state index in [2.05, 4.69) is 29.5 Å². The summed E-state index contributed by atoms with van der Waals surface area (Å²) in [5.41, 5.74) is 3.02. The van der Waals surface area contributed by atoms with Gasteiger partial charge >= 0.3 is 0 Å². The van der Waals surface area contributed by atoms with E-state index in [0.717, 1.165) is 5.69 Å². The Morgan fingerprint density at radius 1 is 1.00 bits per heavy atom. The molecule has 1 unspecified atom stereocenters. The first-order valence-electron chi connectivity index (χ1n) is 13.7. The molecule has 5 rings (SSSR count). The zero-order valence-corrected chi connectivity index (χ0v) is 25.1. The predicted molar refractivity (Wildman–Crippen MR) is 159 cm³/mol. The van der Waals surface area contributed by atoms with Crippen LogP contribution in [0.5, 0.6) is 0 Å². The maximum atomic E-state index is 13.2. The third-order valence-electron chi connectivity index (χ3n) is 7.75. The Morgan fingerprint density at radius 3 is 2.29 bits per heavy atom. The van der Waals surface area contributed by atoms with Gasteiger partial charge in [-0.05, 0) is 55.0 Å². The lowest BCUT2D eigenvalue weighted by molar-refractivity contribution is -0.142. The Kier molecular flexibility index (Phi) is 8.87. The van der Waals surface area contributed by atoms with Crippen molar-refractivity contribution in [3.05, 3.63) is 68.9 Å². The van der Waals surface area contributed by atoms with Crippen LogP contribution in [0.4, 0.5) is 5.69 Å². The number of hydrogen-bond acceptors (Lipinski definition) is 5. The summed E-state index contributed by atoms with van der Waals surface area (Å²) in [7, 11) is 0. The van der Waals surface area contributed by atoms with Crippen molar-refractivity contribution in [1.29, 1.82) is 0 Å². The molecule has 9 nitrogen and oxygen atoms in total. The van der Waals surface area contributed by atoms with Crippen molar-refractivity contribution in [2.45, 2.75) is 45.6 Å². The van der Waals surface area contributed by atoms with Crippen LogP contribution in [0.25, 0.3) is 5.69 Å². The molecule has 3 aromatic rings. The van der Waals surface area contributed by atoms with Gasteiger partial charge in [0.05, 0.1) is 22.8 Å². The van der Waals surface area contributed by atoms with Gasteiger partial charge in [-0.3, -0.25) is 14.4 Å². The highest BCUT2D eigenvalue weighted by Gasteiger charge is 2.41. The highest BCUT2D eigenvalue weighted by Crippen LogP contribution is 2.32. The molecule has 41 heavy (non-hydrogen) atoms. The van der Waals surface area contributed by atoms with Gasteiger partial charge in [0.1, 0.15) is 17.3 Å². The molecule has 1 aromatic heterocycles. The number of aromatic nitrogens is 3. The Morgan fingerprint density at radius 2 is 1.66 bits per heavy atom. The van der Waals surface area contributed by atoms with Crippen molar-refractivity contribution < 1.29 is 14.4 Å². The number of carbonyl (C=O) groups is 3. The number of nitrogens with zero attached hydrogens (tertiary/aromatic N) is 5. The second kappa shape index (κ2) is 12.4. The van der Waals surface area contributed by atoms with Crippen molar-refractivity contribution in [3.8, 4) is 5.69 Å². The summed E-state index contributed by atoms with van der Waals surface area (Å²) in [5.74, 6) is -0.901. The lowest BCUT2D eigenvalue weighted by Crippen LogP contribution is -2.46. The molecule has 2 saturated heterocycles. The van der Waals surface area contributed by atoms with Crippen LogP contribution in [0, 0.1) is 11.8 Å². The molecule has 3 amide bonds. The summed E-state index contributed by atoms with van der Waals surface area (Å²) >= 11 is 18.5. The second-order valence-corrected chi connectivity index (χ2v) is 12.0. The quantitative estimate of drug-likeness (QED) is 0.365. The van der Waals surface area contributed by atoms with Gasteiger partial charge in [0, 0.05) is 36.3 Å². The lowest BCUT2D eigenvalue weighted by atomic mass is 9.94. The maximum Gasteiger partial charge on any atom is 0.239 e. The lowest BCUT2D eigenvalue weighted by Gasteiger charge is -2.32. The number of nitrogens with one attached hydrogen (secondary N) is 1. The zero-order chi connectivity index (χ0) is 29.3. The molecule has 2 aliphatic heterocycles. The van der Waals surface area contributed by atoms with Crippen molar-refractivity contribution in [2.75, 3.05) is 24.5 Å². The minimum atomic E-state index is -0.671. The molecule has 1 atom stereocenters. The van der Waals surface area contributed by atoms with Gasteiger partial charge < -0.3 is 15.1 Å². The fourth-order valence-corrected chi connectivity index (χ4v) is 6.34. The molecule has 12 heteroatoms. The molecule has 216 valence electrons. The summed E-state index contributed by atoms with van der Waals surface area (Å²) in [4.78, 5) is 42.7. The Labute approximate surface area is 253 Å². The second-order valence-electron chi connectivity index (χ2n) is 10.8. The van der Waals surface area contributed by atoms with Crippen molar-refractivity contribution in [2.24, 2.45) is 11.8 Å². The molecular formula is C29H31Cl3N6O3. The number of benzene rings is 2. The fraction of sp³-hybridized carbons (Fsp3) is 0.414. The Balaban J connectivity index is 1.11. The van der Waals surface area contributed by atoms with E-state index in [-0.39, 0.29) is 30.2 Å². The van der Waals surface area contributed by atoms with Crippen molar-refractivity contribution in [3.63, 3.8) is 0 Å². The van der Waals surface area contributed by atoms with Crippen LogP contribution in [0.3, 0.4) is 0 Å². The van der Waals surface area contributed by atoms with Crippen LogP contribution in [0.1, 0.15) is 50.3 Å². The fourth-order valence-electron chi connectivity index (χ4n) is 5.35. The molecule has 0 saturated carbocycles. The highest BCUT2D eigenvalue weighted by molar-refractivity contribution is 6.40. The molecule has 2 aromatic carbocycles. The summed E-state index contributed by atoms with van der Waals surface area (Å²) in [5, 5.41) is 12.1. The van der Waals surface area contributed by atoms with Gasteiger partial charge in [0.15, 0.2) is 0 Å². The summed E-state index contributed by atoms with van der Waals surface area (Å²) in [6.07, 6.45) is 3.20. The molecular weight excluding hydrogens is 587 g/mol. The zero-order valence-electron chi connectivity index (χ0n) is 22.8. The minimum absolute atomic E-state index is 0.109. The number of carbonyl (C=O) groups excluding carboxylic acids is 3. The van der Waals surface area contributed by atoms with E-state index in [0.29, 0.717) is 71.3 Å². The van der Waals surface area contributed by atoms with E-state index >= 15 is 0 Å². The van der Waals surface area contributed by atoms with E-state index in [1.807, 2.05) is 24.3 Å². The number of halogens is 3. The van der Waals surface area contributed by atoms with E-state index < -0.39 is 5.92 Å². The van der Waals surface area contributed by atoms with Crippen LogP contribution in [0.15, 0.2) is 42.6 Å². The summed E-state index contributed by atoms with van der Waals surface area (Å²) in [6, 6.07) is 11.1. The van der Waals surface area contributed by atoms with Crippen molar-refractivity contribution in [1.82, 2.24) is 25.2 Å². The average Bonchev–Trinajstić information content (AvgIpc) is 3.57. The van der Waals surface area contributed by atoms with Crippen LogP contribution >= 0.6 is 34.8 Å². The third-order valence-corrected chi connectivity index (χ3v) is 8.54. The monoisotopic (exact) mass is 616 g/mol. The number of likely N-dealkylation sites (tertiary alicyclic amines) is 1. The smallest absolute Gasteiger partial charge is 0.239 e. The molecule has 2 aliphatic rings. The van der Waals surface area contributed by atoms with Crippen molar-refractivity contribution >= 4 is 58.2 Å². The van der Waals surface area contributed by atoms with Crippen LogP contribution < -0.4 is 10.2 Å². The highest BCUT2D eigenvalue weighted by atomic mass is 35.5. The van der Waals surface area contributed by atoms with Gasteiger partial charge in [0.2, 0.25) is 17.7 Å². The molecule has 0 radical (unpaired) electrons. The molecule has 0 spiro atoms. The Bertz CT molecular complexity index is 1430. The van der Waals surface area contributed by atoms with Gasteiger partial charge in [0.25, 0.3) is 0 Å². The number of hydrogen-bond donors (Lipinski definition) is 1. The topological polar surface area (TPSA) is 100 Å². The normalized spacial score (nSPS) is 17.9. The third kappa shape index (κ3) is 6.37. The largest absolute Gasteiger partial charge is 0.350 e. The average molecular weight is 618 g/mol. The molecule has 2 fully saturated rings. The molecule has 0 bridgehead atoms. The molecule has 3 heterocycles. The van der Waals surface area contributed by atoms with E-state index in [1.54, 1.807) is 28.1 Å². The standard InChI is InChI=1S/C29H31Cl3N6O3/c1-17(2)18-3-5-22(6-4-18)37-12-9-23(29(37)41)28(40)36-10-7-19(8-11-36)27(39)33-15-21-16-38(35-34-21)26-24(31)13-20(30)14-25(26)32/h3-6,13-14,16-17,19,23H,7-12,15H2,1-2H3,(H,33,39). The van der Waals surface area contributed by atoms with Crippen LogP contribution in [-0.4, -0.2) is 57.2 Å². The predicted octanol–water partition coefficient (Wildman–Crippen LogP) is 5.26. The van der Waals surface area contributed by atoms with Gasteiger partial charge in [-0.2, -0.15) is 0 Å². The minimum Gasteiger partial charge on any atom is -0.350 e. The van der Waals surface area contributed by atoms with Gasteiger partial charge in [-0.1, -0.05) is 66.0 Å². The number of piperidine rings is 1.